The van der Waals surface area contributed by atoms with Crippen LogP contribution >= 0.6 is 0 Å². The third-order valence-electron chi connectivity index (χ3n) is 5.65. The molecular weight excluding hydrogens is 356 g/mol. The van der Waals surface area contributed by atoms with Gasteiger partial charge in [0.05, 0.1) is 10.5 Å². The summed E-state index contributed by atoms with van der Waals surface area (Å²) in [5.74, 6) is -1.03. The lowest BCUT2D eigenvalue weighted by Crippen LogP contribution is -2.50. The third kappa shape index (κ3) is 3.30. The monoisotopic (exact) mass is 380 g/mol. The second-order valence-corrected chi connectivity index (χ2v) is 9.82. The summed E-state index contributed by atoms with van der Waals surface area (Å²) < 4.78 is 24.6. The topological polar surface area (TPSA) is 104 Å². The molecule has 2 aliphatic rings. The SMILES string of the molecule is CC(CNC(=O)N1CCC2CCC(C1)S2(=O)=O)(C(=O)O)c1ccccc1. The fourth-order valence-electron chi connectivity index (χ4n) is 3.77. The first kappa shape index (κ1) is 18.7. The summed E-state index contributed by atoms with van der Waals surface area (Å²) in [5.41, 5.74) is -0.654. The van der Waals surface area contributed by atoms with Crippen molar-refractivity contribution in [3.8, 4) is 0 Å². The Bertz CT molecular complexity index is 795. The van der Waals surface area contributed by atoms with Crippen molar-refractivity contribution < 1.29 is 23.1 Å². The zero-order valence-electron chi connectivity index (χ0n) is 14.7. The number of hydrogen-bond acceptors (Lipinski definition) is 4. The Morgan fingerprint density at radius 3 is 2.50 bits per heavy atom. The maximum Gasteiger partial charge on any atom is 0.317 e. The molecule has 7 nitrogen and oxygen atoms in total. The van der Waals surface area contributed by atoms with Crippen LogP contribution in [0.4, 0.5) is 4.79 Å². The van der Waals surface area contributed by atoms with Gasteiger partial charge in [-0.05, 0) is 31.7 Å². The molecule has 8 heteroatoms. The first-order valence-corrected chi connectivity index (χ1v) is 10.4. The summed E-state index contributed by atoms with van der Waals surface area (Å²) in [6, 6.07) is 8.35. The number of likely N-dealkylation sites (tertiary alicyclic amines) is 1. The molecule has 0 aromatic heterocycles. The second-order valence-electron chi connectivity index (χ2n) is 7.31. The molecule has 3 atom stereocenters. The van der Waals surface area contributed by atoms with Crippen LogP contribution in [-0.4, -0.2) is 60.6 Å². The molecule has 2 heterocycles. The van der Waals surface area contributed by atoms with Gasteiger partial charge in [-0.1, -0.05) is 30.3 Å². The van der Waals surface area contributed by atoms with Crippen LogP contribution in [0, 0.1) is 0 Å². The van der Waals surface area contributed by atoms with Gasteiger partial charge in [-0.3, -0.25) is 4.79 Å². The van der Waals surface area contributed by atoms with Gasteiger partial charge in [0.2, 0.25) is 0 Å². The van der Waals surface area contributed by atoms with Gasteiger partial charge >= 0.3 is 12.0 Å². The highest BCUT2D eigenvalue weighted by Gasteiger charge is 2.44. The van der Waals surface area contributed by atoms with Gasteiger partial charge in [0.1, 0.15) is 5.41 Å². The van der Waals surface area contributed by atoms with Crippen LogP contribution in [-0.2, 0) is 20.0 Å². The van der Waals surface area contributed by atoms with Crippen molar-refractivity contribution >= 4 is 21.8 Å². The predicted molar refractivity (Wildman–Crippen MR) is 96.7 cm³/mol. The number of carboxylic acids is 1. The van der Waals surface area contributed by atoms with E-state index in [0.29, 0.717) is 31.4 Å². The lowest BCUT2D eigenvalue weighted by atomic mass is 9.82. The fourth-order valence-corrected chi connectivity index (χ4v) is 6.06. The van der Waals surface area contributed by atoms with E-state index in [1.165, 1.54) is 4.90 Å². The highest BCUT2D eigenvalue weighted by molar-refractivity contribution is 7.93. The van der Waals surface area contributed by atoms with Crippen LogP contribution in [0.2, 0.25) is 0 Å². The number of sulfone groups is 1. The van der Waals surface area contributed by atoms with Gasteiger partial charge in [0.15, 0.2) is 9.84 Å². The molecular formula is C18H24N2O5S. The van der Waals surface area contributed by atoms with E-state index in [0.717, 1.165) is 0 Å². The van der Waals surface area contributed by atoms with Crippen molar-refractivity contribution in [1.82, 2.24) is 10.2 Å². The average Bonchev–Trinajstić information content (AvgIpc) is 2.80. The molecule has 2 amide bonds. The van der Waals surface area contributed by atoms with Crippen molar-refractivity contribution in [2.24, 2.45) is 0 Å². The number of carbonyl (C=O) groups is 2. The number of carboxylic acid groups (broad SMARTS) is 1. The zero-order chi connectivity index (χ0) is 18.9. The van der Waals surface area contributed by atoms with Crippen LogP contribution in [0.15, 0.2) is 30.3 Å². The molecule has 2 saturated heterocycles. The molecule has 3 rings (SSSR count). The van der Waals surface area contributed by atoms with Crippen molar-refractivity contribution in [2.75, 3.05) is 19.6 Å². The molecule has 0 saturated carbocycles. The van der Waals surface area contributed by atoms with Gasteiger partial charge < -0.3 is 15.3 Å². The first-order valence-electron chi connectivity index (χ1n) is 8.79. The zero-order valence-corrected chi connectivity index (χ0v) is 15.5. The lowest BCUT2D eigenvalue weighted by Gasteiger charge is -2.29. The highest BCUT2D eigenvalue weighted by Crippen LogP contribution is 2.33. The minimum atomic E-state index is -3.15. The van der Waals surface area contributed by atoms with E-state index < -0.39 is 32.5 Å². The van der Waals surface area contributed by atoms with E-state index in [2.05, 4.69) is 5.32 Å². The minimum Gasteiger partial charge on any atom is -0.481 e. The number of carbonyl (C=O) groups excluding carboxylic acids is 1. The molecule has 0 radical (unpaired) electrons. The van der Waals surface area contributed by atoms with E-state index >= 15 is 0 Å². The highest BCUT2D eigenvalue weighted by atomic mass is 32.2. The standard InChI is InChI=1S/C18H24N2O5S/c1-18(16(21)22,13-5-3-2-4-6-13)12-19-17(23)20-10-9-14-7-8-15(11-20)26(14,24)25/h2-6,14-15H,7-12H2,1H3,(H,19,23)(H,21,22). The quantitative estimate of drug-likeness (QED) is 0.821. The maximum atomic E-state index is 12.6. The third-order valence-corrected chi connectivity index (χ3v) is 8.36. The summed E-state index contributed by atoms with van der Waals surface area (Å²) in [5, 5.41) is 11.5. The van der Waals surface area contributed by atoms with E-state index in [-0.39, 0.29) is 18.3 Å². The molecule has 0 aliphatic carbocycles. The van der Waals surface area contributed by atoms with Gasteiger partial charge in [-0.15, -0.1) is 0 Å². The number of nitrogens with zero attached hydrogens (tertiary/aromatic N) is 1. The Kier molecular flexibility index (Phi) is 4.96. The van der Waals surface area contributed by atoms with Crippen LogP contribution in [0.5, 0.6) is 0 Å². The van der Waals surface area contributed by atoms with E-state index in [1.54, 1.807) is 37.3 Å². The molecule has 2 bridgehead atoms. The molecule has 2 fully saturated rings. The first-order chi connectivity index (χ1) is 12.2. The number of benzene rings is 1. The van der Waals surface area contributed by atoms with Gasteiger partial charge in [-0.2, -0.15) is 0 Å². The lowest BCUT2D eigenvalue weighted by molar-refractivity contribution is -0.142. The minimum absolute atomic E-state index is 0.0669. The molecule has 1 aromatic rings. The Morgan fingerprint density at radius 2 is 1.85 bits per heavy atom. The summed E-state index contributed by atoms with van der Waals surface area (Å²) >= 11 is 0. The maximum absolute atomic E-state index is 12.6. The normalized spacial score (nSPS) is 26.6. The number of fused-ring (bicyclic) bond motifs is 2. The van der Waals surface area contributed by atoms with Gasteiger partial charge in [0.25, 0.3) is 0 Å². The van der Waals surface area contributed by atoms with Crippen molar-refractivity contribution in [3.63, 3.8) is 0 Å². The Morgan fingerprint density at radius 1 is 1.19 bits per heavy atom. The van der Waals surface area contributed by atoms with E-state index in [4.69, 9.17) is 0 Å². The molecule has 2 aliphatic heterocycles. The van der Waals surface area contributed by atoms with Crippen molar-refractivity contribution in [3.05, 3.63) is 35.9 Å². The summed E-state index contributed by atoms with van der Waals surface area (Å²) in [7, 11) is -3.15. The molecule has 26 heavy (non-hydrogen) atoms. The summed E-state index contributed by atoms with van der Waals surface area (Å²) in [6.45, 7) is 2.06. The van der Waals surface area contributed by atoms with Crippen LogP contribution in [0.25, 0.3) is 0 Å². The fraction of sp³-hybridized carbons (Fsp3) is 0.556. The smallest absolute Gasteiger partial charge is 0.317 e. The number of aliphatic carboxylic acids is 1. The Balaban J connectivity index is 1.69. The Labute approximate surface area is 153 Å². The molecule has 1 aromatic carbocycles. The number of rotatable bonds is 4. The van der Waals surface area contributed by atoms with Crippen LogP contribution < -0.4 is 5.32 Å². The summed E-state index contributed by atoms with van der Waals surface area (Å²) in [4.78, 5) is 25.9. The molecule has 2 N–H and O–H groups in total. The van der Waals surface area contributed by atoms with Crippen molar-refractivity contribution in [2.45, 2.75) is 42.1 Å². The second kappa shape index (κ2) is 6.90. The largest absolute Gasteiger partial charge is 0.481 e. The van der Waals surface area contributed by atoms with Crippen LogP contribution in [0.3, 0.4) is 0 Å². The summed E-state index contributed by atoms with van der Waals surface area (Å²) in [6.07, 6.45) is 1.71. The number of urea groups is 1. The molecule has 0 spiro atoms. The average molecular weight is 380 g/mol. The van der Waals surface area contributed by atoms with Crippen LogP contribution in [0.1, 0.15) is 31.7 Å². The van der Waals surface area contributed by atoms with Gasteiger partial charge in [0, 0.05) is 19.6 Å². The van der Waals surface area contributed by atoms with E-state index in [9.17, 15) is 23.1 Å². The number of nitrogens with one attached hydrogen (secondary N) is 1. The Hall–Kier alpha value is -2.09. The van der Waals surface area contributed by atoms with Gasteiger partial charge in [-0.25, -0.2) is 13.2 Å². The van der Waals surface area contributed by atoms with Crippen molar-refractivity contribution in [1.29, 1.82) is 0 Å². The van der Waals surface area contributed by atoms with E-state index in [1.807, 2.05) is 0 Å². The number of hydrogen-bond donors (Lipinski definition) is 2. The molecule has 3 unspecified atom stereocenters. The molecule has 142 valence electrons. The predicted octanol–water partition coefficient (Wildman–Crippen LogP) is 1.39. The number of amides is 2.